The van der Waals surface area contributed by atoms with E-state index in [0.717, 1.165) is 65.2 Å². The van der Waals surface area contributed by atoms with Crippen LogP contribution in [0.15, 0.2) is 175 Å². The van der Waals surface area contributed by atoms with E-state index >= 15 is 0 Å². The van der Waals surface area contributed by atoms with E-state index in [0.29, 0.717) is 0 Å². The van der Waals surface area contributed by atoms with E-state index in [1.807, 2.05) is 0 Å². The lowest BCUT2D eigenvalue weighted by Gasteiger charge is -2.41. The highest BCUT2D eigenvalue weighted by Gasteiger charge is 2.29. The molecule has 6 aromatic carbocycles. The molecule has 2 unspecified atom stereocenters. The minimum atomic E-state index is 0.0362. The molecule has 62 heavy (non-hydrogen) atoms. The summed E-state index contributed by atoms with van der Waals surface area (Å²) in [6.07, 6.45) is 11.4. The van der Waals surface area contributed by atoms with Gasteiger partial charge in [0.1, 0.15) is 0 Å². The van der Waals surface area contributed by atoms with Gasteiger partial charge in [-0.3, -0.25) is 5.01 Å². The van der Waals surface area contributed by atoms with Gasteiger partial charge in [-0.2, -0.15) is 5.10 Å². The van der Waals surface area contributed by atoms with E-state index in [2.05, 4.69) is 238 Å². The molecule has 0 spiro atoms. The van der Waals surface area contributed by atoms with Gasteiger partial charge in [-0.25, -0.2) is 0 Å². The zero-order valence-corrected chi connectivity index (χ0v) is 37.3. The molecule has 0 amide bonds. The Balaban J connectivity index is 1.22. The lowest BCUT2D eigenvalue weighted by Crippen LogP contribution is -2.48. The average molecular weight is 816 g/mol. The van der Waals surface area contributed by atoms with E-state index in [1.54, 1.807) is 0 Å². The number of nitrogens with zero attached hydrogens (tertiary/aromatic N) is 6. The smallest absolute Gasteiger partial charge is 0.0935 e. The van der Waals surface area contributed by atoms with E-state index in [4.69, 9.17) is 10.2 Å². The molecule has 2 aliphatic rings. The largest absolute Gasteiger partial charge is 0.593 e. The summed E-state index contributed by atoms with van der Waals surface area (Å²) in [5, 5.41) is 15.8. The molecule has 1 aliphatic carbocycles. The van der Waals surface area contributed by atoms with Crippen LogP contribution < -0.4 is 25.5 Å². The Morgan fingerprint density at radius 1 is 0.629 bits per heavy atom. The first-order valence-corrected chi connectivity index (χ1v) is 22.3. The summed E-state index contributed by atoms with van der Waals surface area (Å²) in [5.74, 6) is 0.101. The van der Waals surface area contributed by atoms with Gasteiger partial charge < -0.3 is 19.6 Å². The molecule has 7 aromatic rings. The number of hydrogen-bond acceptors (Lipinski definition) is 4. The molecule has 0 radical (unpaired) electrons. The molecule has 1 aliphatic heterocycles. The zero-order chi connectivity index (χ0) is 43.0. The molecule has 2 atom stereocenters. The van der Waals surface area contributed by atoms with Gasteiger partial charge in [-0.15, -0.1) is 0 Å². The highest BCUT2D eigenvalue weighted by molar-refractivity contribution is 5.97. The lowest BCUT2D eigenvalue weighted by atomic mass is 9.85. The Hall–Kier alpha value is -6.53. The molecule has 0 bridgehead atoms. The molecule has 0 fully saturated rings. The summed E-state index contributed by atoms with van der Waals surface area (Å²) in [7, 11) is 0. The predicted molar refractivity (Wildman–Crippen MR) is 260 cm³/mol. The van der Waals surface area contributed by atoms with Crippen molar-refractivity contribution < 1.29 is 0 Å². The number of fused-ring (bicyclic) bond motifs is 2. The molecular weight excluding hydrogens is 757 g/mol. The van der Waals surface area contributed by atoms with Crippen LogP contribution in [-0.2, 0) is 6.54 Å². The molecule has 0 N–H and O–H groups in total. The van der Waals surface area contributed by atoms with E-state index in [9.17, 15) is 0 Å². The molecule has 314 valence electrons. The fourth-order valence-electron chi connectivity index (χ4n) is 9.12. The van der Waals surface area contributed by atoms with Gasteiger partial charge in [0.2, 0.25) is 0 Å². The van der Waals surface area contributed by atoms with Crippen molar-refractivity contribution >= 4 is 45.5 Å². The van der Waals surface area contributed by atoms with Gasteiger partial charge >= 0.3 is 0 Å². The first-order valence-electron chi connectivity index (χ1n) is 22.3. The first-order chi connectivity index (χ1) is 30.0. The Bertz CT molecular complexity index is 2740. The Kier molecular flexibility index (Phi) is 11.0. The maximum atomic E-state index is 5.70. The SMILES string of the molecule is CCC1C=c2c(-c3ccc(N(c4ccccc4)c4ccccc4)cc3)c3c([n-]n3CC(C)(C)C)c(C3C=CC(N(c4ccccc4)c4ccccc4)=CC3)c2=NN1CC(C)(C)C. The number of aromatic nitrogens is 2. The van der Waals surface area contributed by atoms with Crippen LogP contribution in [-0.4, -0.2) is 22.3 Å². The van der Waals surface area contributed by atoms with Gasteiger partial charge in [0.05, 0.1) is 11.4 Å². The van der Waals surface area contributed by atoms with Crippen LogP contribution in [0.1, 0.15) is 72.8 Å². The molecule has 9 rings (SSSR count). The van der Waals surface area contributed by atoms with Crippen LogP contribution in [0.2, 0.25) is 0 Å². The maximum absolute atomic E-state index is 5.70. The average Bonchev–Trinajstić information content (AvgIpc) is 3.27. The Morgan fingerprint density at radius 3 is 1.60 bits per heavy atom. The van der Waals surface area contributed by atoms with Gasteiger partial charge in [-0.1, -0.05) is 157 Å². The van der Waals surface area contributed by atoms with E-state index in [-0.39, 0.29) is 22.8 Å². The molecular formula is C56H59N6-. The number of hydrogen-bond donors (Lipinski definition) is 0. The highest BCUT2D eigenvalue weighted by Crippen LogP contribution is 2.40. The van der Waals surface area contributed by atoms with Gasteiger partial charge in [0, 0.05) is 69.4 Å². The molecule has 6 heteroatoms. The van der Waals surface area contributed by atoms with Crippen LogP contribution in [0.5, 0.6) is 0 Å². The normalized spacial score (nSPS) is 16.4. The monoisotopic (exact) mass is 815 g/mol. The van der Waals surface area contributed by atoms with Crippen molar-refractivity contribution in [3.8, 4) is 11.1 Å². The van der Waals surface area contributed by atoms with Crippen molar-refractivity contribution in [1.29, 1.82) is 0 Å². The van der Waals surface area contributed by atoms with Crippen molar-refractivity contribution in [2.45, 2.75) is 79.8 Å². The zero-order valence-electron chi connectivity index (χ0n) is 37.3. The van der Waals surface area contributed by atoms with Gasteiger partial charge in [0.25, 0.3) is 0 Å². The van der Waals surface area contributed by atoms with Crippen LogP contribution in [0, 0.1) is 10.8 Å². The number of para-hydroxylation sites is 4. The highest BCUT2D eigenvalue weighted by atomic mass is 15.5. The molecule has 0 saturated heterocycles. The van der Waals surface area contributed by atoms with Crippen molar-refractivity contribution in [3.05, 3.63) is 186 Å². The predicted octanol–water partition coefficient (Wildman–Crippen LogP) is 13.0. The number of anilines is 5. The topological polar surface area (TPSA) is 41.1 Å². The lowest BCUT2D eigenvalue weighted by molar-refractivity contribution is 0.161. The molecule has 0 saturated carbocycles. The second-order valence-electron chi connectivity index (χ2n) is 19.3. The maximum Gasteiger partial charge on any atom is 0.0935 e. The van der Waals surface area contributed by atoms with E-state index in [1.165, 1.54) is 33.1 Å². The summed E-state index contributed by atoms with van der Waals surface area (Å²) in [6.45, 7) is 17.8. The van der Waals surface area contributed by atoms with Crippen molar-refractivity contribution in [2.24, 2.45) is 15.9 Å². The minimum Gasteiger partial charge on any atom is -0.593 e. The fraction of sp³-hybridized carbons (Fsp3) is 0.268. The standard InChI is InChI=1S/C56H59N6/c1-8-42-37-49-50(40-29-33-47(34-30-40)61(43-21-13-9-14-22-43)44-23-15-10-16-24-44)54-53(58-60(54)39-56(5,6)7)51(52(49)57-59(42)38-55(2,3)4)41-31-35-48(36-32-41)62(45-25-17-11-18-26-45)46-27-19-12-20-28-46/h9-31,33-37,41-42H,8,32,38-39H2,1-7H3/q-1. The van der Waals surface area contributed by atoms with Gasteiger partial charge in [-0.05, 0) is 102 Å². The number of allylic oxidation sites excluding steroid dienone is 3. The summed E-state index contributed by atoms with van der Waals surface area (Å²) < 4.78 is 2.28. The first kappa shape index (κ1) is 40.9. The van der Waals surface area contributed by atoms with Crippen molar-refractivity contribution in [1.82, 2.24) is 14.8 Å². The summed E-state index contributed by atoms with van der Waals surface area (Å²) in [4.78, 5) is 4.68. The summed E-state index contributed by atoms with van der Waals surface area (Å²) in [6, 6.07) is 52.0. The number of benzene rings is 6. The minimum absolute atomic E-state index is 0.0362. The number of rotatable bonds is 11. The second kappa shape index (κ2) is 16.7. The van der Waals surface area contributed by atoms with Gasteiger partial charge in [0.15, 0.2) is 0 Å². The van der Waals surface area contributed by atoms with Crippen LogP contribution in [0.25, 0.3) is 28.2 Å². The third-order valence-electron chi connectivity index (χ3n) is 11.8. The molecule has 2 heterocycles. The quantitative estimate of drug-likeness (QED) is 0.130. The second-order valence-corrected chi connectivity index (χ2v) is 19.3. The Morgan fingerprint density at radius 2 is 1.13 bits per heavy atom. The molecule has 6 nitrogen and oxygen atoms in total. The van der Waals surface area contributed by atoms with E-state index < -0.39 is 0 Å². The van der Waals surface area contributed by atoms with Crippen molar-refractivity contribution in [3.63, 3.8) is 0 Å². The molecule has 1 aromatic heterocycles. The summed E-state index contributed by atoms with van der Waals surface area (Å²) in [5.41, 5.74) is 12.8. The Labute approximate surface area is 367 Å². The summed E-state index contributed by atoms with van der Waals surface area (Å²) >= 11 is 0. The van der Waals surface area contributed by atoms with Crippen molar-refractivity contribution in [2.75, 3.05) is 16.3 Å². The fourth-order valence-corrected chi connectivity index (χ4v) is 9.12. The third kappa shape index (κ3) is 8.26. The van der Waals surface area contributed by atoms with Crippen LogP contribution in [0.3, 0.4) is 0 Å². The van der Waals surface area contributed by atoms with Crippen LogP contribution >= 0.6 is 0 Å². The third-order valence-corrected chi connectivity index (χ3v) is 11.8. The van der Waals surface area contributed by atoms with Crippen LogP contribution in [0.4, 0.5) is 28.4 Å².